The van der Waals surface area contributed by atoms with Gasteiger partial charge in [0.05, 0.1) is 12.3 Å². The molecule has 0 saturated heterocycles. The number of amides is 1. The van der Waals surface area contributed by atoms with Crippen molar-refractivity contribution < 1.29 is 14.6 Å². The zero-order valence-electron chi connectivity index (χ0n) is 16.2. The minimum atomic E-state index is 0.0233. The molecule has 0 spiro atoms. The number of anilines is 1. The second-order valence-electron chi connectivity index (χ2n) is 7.43. The predicted molar refractivity (Wildman–Crippen MR) is 104 cm³/mol. The number of benzene rings is 1. The molecule has 1 aromatic heterocycles. The molecule has 0 unspecified atom stereocenters. The molecule has 8 nitrogen and oxygen atoms in total. The predicted octanol–water partition coefficient (Wildman–Crippen LogP) is 2.20. The first kappa shape index (κ1) is 18.5. The van der Waals surface area contributed by atoms with E-state index in [2.05, 4.69) is 25.8 Å². The van der Waals surface area contributed by atoms with E-state index in [0.717, 1.165) is 37.0 Å². The number of aryl methyl sites for hydroxylation is 1. The Bertz CT molecular complexity index is 902. The number of hydrogen-bond donors (Lipinski definition) is 3. The number of carbonyl (C=O) groups is 1. The average Bonchev–Trinajstić information content (AvgIpc) is 3.18. The maximum atomic E-state index is 11.9. The number of nitrogens with one attached hydrogen (secondary N) is 2. The van der Waals surface area contributed by atoms with Crippen LogP contribution in [-0.4, -0.2) is 45.9 Å². The molecule has 0 radical (unpaired) electrons. The highest BCUT2D eigenvalue weighted by molar-refractivity contribution is 5.78. The fraction of sp³-hybridized carbons (Fsp3) is 0.500. The highest BCUT2D eigenvalue weighted by atomic mass is 16.5. The molecular weight excluding hydrogens is 358 g/mol. The number of fused-ring (bicyclic) bond motifs is 1. The normalized spacial score (nSPS) is 20.9. The lowest BCUT2D eigenvalue weighted by molar-refractivity contribution is -0.125. The number of carbonyl (C=O) groups excluding carboxylic acids is 1. The lowest BCUT2D eigenvalue weighted by atomic mass is 9.85. The molecule has 2 aromatic rings. The Hall–Kier alpha value is -2.90. The molecule has 1 fully saturated rings. The lowest BCUT2D eigenvalue weighted by Gasteiger charge is -2.28. The molecular formula is C20H25N5O3. The molecule has 28 heavy (non-hydrogen) atoms. The van der Waals surface area contributed by atoms with E-state index in [-0.39, 0.29) is 23.6 Å². The van der Waals surface area contributed by atoms with E-state index < -0.39 is 0 Å². The quantitative estimate of drug-likeness (QED) is 0.742. The van der Waals surface area contributed by atoms with Crippen molar-refractivity contribution in [1.29, 1.82) is 0 Å². The molecule has 2 aliphatic rings. The molecule has 2 atom stereocenters. The first-order valence-electron chi connectivity index (χ1n) is 9.74. The molecule has 2 heterocycles. The summed E-state index contributed by atoms with van der Waals surface area (Å²) in [6.07, 6.45) is 4.32. The van der Waals surface area contributed by atoms with Crippen LogP contribution < -0.4 is 15.4 Å². The van der Waals surface area contributed by atoms with E-state index in [0.29, 0.717) is 35.9 Å². The molecule has 3 N–H and O–H groups in total. The second-order valence-corrected chi connectivity index (χ2v) is 7.43. The van der Waals surface area contributed by atoms with E-state index in [1.165, 1.54) is 0 Å². The first-order chi connectivity index (χ1) is 13.6. The Balaban J connectivity index is 1.52. The number of aromatic nitrogens is 3. The number of nitrogens with zero attached hydrogens (tertiary/aromatic N) is 3. The van der Waals surface area contributed by atoms with E-state index in [4.69, 9.17) is 4.74 Å². The van der Waals surface area contributed by atoms with Gasteiger partial charge in [-0.25, -0.2) is 4.98 Å². The van der Waals surface area contributed by atoms with Crippen molar-refractivity contribution in [3.8, 4) is 22.8 Å². The maximum absolute atomic E-state index is 11.9. The van der Waals surface area contributed by atoms with Crippen LogP contribution in [-0.2, 0) is 11.2 Å². The maximum Gasteiger partial charge on any atom is 0.243 e. The summed E-state index contributed by atoms with van der Waals surface area (Å²) in [7, 11) is 1.68. The van der Waals surface area contributed by atoms with E-state index in [1.807, 2.05) is 13.0 Å². The van der Waals surface area contributed by atoms with Crippen molar-refractivity contribution in [2.45, 2.75) is 45.1 Å². The largest absolute Gasteiger partial charge is 0.507 e. The monoisotopic (exact) mass is 383 g/mol. The van der Waals surface area contributed by atoms with E-state index >= 15 is 0 Å². The van der Waals surface area contributed by atoms with Gasteiger partial charge in [0.1, 0.15) is 17.2 Å². The minimum absolute atomic E-state index is 0.0233. The highest BCUT2D eigenvalue weighted by Gasteiger charge is 2.27. The molecule has 1 aromatic carbocycles. The van der Waals surface area contributed by atoms with Gasteiger partial charge in [0, 0.05) is 36.6 Å². The van der Waals surface area contributed by atoms with Crippen molar-refractivity contribution in [1.82, 2.24) is 20.5 Å². The SMILES string of the molecule is CNC(=O)[C@H]1CCC[C@@H](Nc2nnc(-c3ccc4c(c3O)CCO4)c(C)n2)C1. The van der Waals surface area contributed by atoms with E-state index in [9.17, 15) is 9.90 Å². The van der Waals surface area contributed by atoms with Crippen LogP contribution in [0.1, 0.15) is 36.9 Å². The summed E-state index contributed by atoms with van der Waals surface area (Å²) < 4.78 is 5.49. The molecule has 1 amide bonds. The van der Waals surface area contributed by atoms with Crippen molar-refractivity contribution >= 4 is 11.9 Å². The number of ether oxygens (including phenoxy) is 1. The Morgan fingerprint density at radius 1 is 1.29 bits per heavy atom. The summed E-state index contributed by atoms with van der Waals surface area (Å²) in [6, 6.07) is 3.79. The Kier molecular flexibility index (Phi) is 5.02. The van der Waals surface area contributed by atoms with Crippen LogP contribution in [0.5, 0.6) is 11.5 Å². The zero-order valence-corrected chi connectivity index (χ0v) is 16.2. The Morgan fingerprint density at radius 3 is 2.93 bits per heavy atom. The van der Waals surface area contributed by atoms with E-state index in [1.54, 1.807) is 13.1 Å². The third-order valence-electron chi connectivity index (χ3n) is 5.59. The third kappa shape index (κ3) is 3.46. The summed E-state index contributed by atoms with van der Waals surface area (Å²) in [5, 5.41) is 25.2. The zero-order chi connectivity index (χ0) is 19.7. The van der Waals surface area contributed by atoms with Crippen LogP contribution in [0.15, 0.2) is 12.1 Å². The van der Waals surface area contributed by atoms with Gasteiger partial charge in [-0.1, -0.05) is 6.42 Å². The smallest absolute Gasteiger partial charge is 0.243 e. The molecule has 1 saturated carbocycles. The Morgan fingerprint density at radius 2 is 2.14 bits per heavy atom. The van der Waals surface area contributed by atoms with Gasteiger partial charge < -0.3 is 20.5 Å². The topological polar surface area (TPSA) is 109 Å². The van der Waals surface area contributed by atoms with Gasteiger partial charge in [-0.2, -0.15) is 0 Å². The third-order valence-corrected chi connectivity index (χ3v) is 5.59. The number of aromatic hydroxyl groups is 1. The molecule has 4 rings (SSSR count). The van der Waals surface area contributed by atoms with Gasteiger partial charge in [0.2, 0.25) is 11.9 Å². The molecule has 1 aliphatic carbocycles. The van der Waals surface area contributed by atoms with Crippen LogP contribution in [0.3, 0.4) is 0 Å². The average molecular weight is 383 g/mol. The minimum Gasteiger partial charge on any atom is -0.507 e. The van der Waals surface area contributed by atoms with Crippen LogP contribution in [0, 0.1) is 12.8 Å². The Labute approximate surface area is 163 Å². The van der Waals surface area contributed by atoms with Crippen molar-refractivity contribution in [2.75, 3.05) is 19.0 Å². The van der Waals surface area contributed by atoms with Crippen molar-refractivity contribution in [2.24, 2.45) is 5.92 Å². The second kappa shape index (κ2) is 7.61. The van der Waals surface area contributed by atoms with Gasteiger partial charge in [-0.3, -0.25) is 4.79 Å². The van der Waals surface area contributed by atoms with Crippen molar-refractivity contribution in [3.05, 3.63) is 23.4 Å². The molecule has 1 aliphatic heterocycles. The van der Waals surface area contributed by atoms with Gasteiger partial charge in [0.25, 0.3) is 0 Å². The fourth-order valence-electron chi connectivity index (χ4n) is 4.11. The van der Waals surface area contributed by atoms with Gasteiger partial charge in [-0.15, -0.1) is 10.2 Å². The van der Waals surface area contributed by atoms with Gasteiger partial charge in [-0.05, 0) is 38.3 Å². The molecule has 8 heteroatoms. The van der Waals surface area contributed by atoms with Crippen LogP contribution in [0.2, 0.25) is 0 Å². The highest BCUT2D eigenvalue weighted by Crippen LogP contribution is 2.40. The van der Waals surface area contributed by atoms with Gasteiger partial charge in [0.15, 0.2) is 0 Å². The summed E-state index contributed by atoms with van der Waals surface area (Å²) >= 11 is 0. The lowest BCUT2D eigenvalue weighted by Crippen LogP contribution is -2.36. The first-order valence-corrected chi connectivity index (χ1v) is 9.74. The molecule has 148 valence electrons. The number of phenols is 1. The molecule has 0 bridgehead atoms. The standard InChI is InChI=1S/C20H25N5O3/c1-11-17(15-6-7-16-14(18(15)26)8-9-28-16)24-25-20(22-11)23-13-5-3-4-12(10-13)19(27)21-2/h6-7,12-13,26H,3-5,8-10H2,1-2H3,(H,21,27)(H,22,23,25)/t12-,13+/m0/s1. The fourth-order valence-corrected chi connectivity index (χ4v) is 4.11. The van der Waals surface area contributed by atoms with Crippen LogP contribution in [0.4, 0.5) is 5.95 Å². The number of phenolic OH excluding ortho intramolecular Hbond substituents is 1. The number of rotatable bonds is 4. The number of hydrogen-bond acceptors (Lipinski definition) is 7. The van der Waals surface area contributed by atoms with Crippen LogP contribution in [0.25, 0.3) is 11.3 Å². The van der Waals surface area contributed by atoms with Gasteiger partial charge >= 0.3 is 0 Å². The summed E-state index contributed by atoms with van der Waals surface area (Å²) in [5.74, 6) is 1.48. The summed E-state index contributed by atoms with van der Waals surface area (Å²) in [4.78, 5) is 16.5. The van der Waals surface area contributed by atoms with Crippen LogP contribution >= 0.6 is 0 Å². The van der Waals surface area contributed by atoms with Crippen molar-refractivity contribution in [3.63, 3.8) is 0 Å². The summed E-state index contributed by atoms with van der Waals surface area (Å²) in [5.41, 5.74) is 2.67. The summed E-state index contributed by atoms with van der Waals surface area (Å²) in [6.45, 7) is 2.43.